The number of amides is 1. The summed E-state index contributed by atoms with van der Waals surface area (Å²) in [6.07, 6.45) is 0.271. The maximum atomic E-state index is 13.0. The summed E-state index contributed by atoms with van der Waals surface area (Å²) >= 11 is 0. The van der Waals surface area contributed by atoms with Crippen molar-refractivity contribution < 1.29 is 13.6 Å². The molecule has 0 saturated carbocycles. The second kappa shape index (κ2) is 6.95. The normalized spacial score (nSPS) is 11.9. The fourth-order valence-corrected chi connectivity index (χ4v) is 2.24. The van der Waals surface area contributed by atoms with E-state index in [9.17, 15) is 13.6 Å². The van der Waals surface area contributed by atoms with Gasteiger partial charge < -0.3 is 5.32 Å². The predicted octanol–water partition coefficient (Wildman–Crippen LogP) is 2.44. The van der Waals surface area contributed by atoms with E-state index in [1.807, 2.05) is 0 Å². The van der Waals surface area contributed by atoms with Crippen LogP contribution in [0.4, 0.5) is 14.5 Å². The summed E-state index contributed by atoms with van der Waals surface area (Å²) in [6, 6.07) is 11.2. The van der Waals surface area contributed by atoms with Crippen LogP contribution in [0.1, 0.15) is 17.3 Å². The Hall–Kier alpha value is -3.16. The number of rotatable bonds is 5. The Balaban J connectivity index is 1.80. The highest BCUT2D eigenvalue weighted by atomic mass is 19.1. The summed E-state index contributed by atoms with van der Waals surface area (Å²) < 4.78 is 26.0. The number of nitrogens with one attached hydrogen (secondary N) is 2. The molecule has 3 aromatic rings. The van der Waals surface area contributed by atoms with E-state index in [-0.39, 0.29) is 24.0 Å². The van der Waals surface area contributed by atoms with Crippen molar-refractivity contribution in [3.05, 3.63) is 71.6 Å². The molecule has 1 heterocycles. The minimum Gasteiger partial charge on any atom is -0.325 e. The van der Waals surface area contributed by atoms with Gasteiger partial charge in [-0.2, -0.15) is 5.21 Å². The molecule has 24 heavy (non-hydrogen) atoms. The van der Waals surface area contributed by atoms with Gasteiger partial charge in [-0.15, -0.1) is 10.2 Å². The van der Waals surface area contributed by atoms with Gasteiger partial charge in [-0.25, -0.2) is 8.78 Å². The molecule has 0 spiro atoms. The van der Waals surface area contributed by atoms with Crippen molar-refractivity contribution in [3.8, 4) is 0 Å². The van der Waals surface area contributed by atoms with Gasteiger partial charge in [0.05, 0.1) is 0 Å². The quantitative estimate of drug-likeness (QED) is 0.753. The number of tetrazole rings is 1. The molecule has 0 aliphatic heterocycles. The van der Waals surface area contributed by atoms with E-state index in [2.05, 4.69) is 25.9 Å². The molecule has 1 aromatic heterocycles. The van der Waals surface area contributed by atoms with E-state index in [1.54, 1.807) is 12.1 Å². The van der Waals surface area contributed by atoms with Crippen molar-refractivity contribution >= 4 is 11.6 Å². The number of hydrogen-bond donors (Lipinski definition) is 2. The van der Waals surface area contributed by atoms with Gasteiger partial charge in [0.2, 0.25) is 5.91 Å². The molecule has 0 saturated heterocycles. The Kier molecular flexibility index (Phi) is 4.55. The first kappa shape index (κ1) is 15.7. The summed E-state index contributed by atoms with van der Waals surface area (Å²) in [7, 11) is 0. The van der Waals surface area contributed by atoms with Crippen molar-refractivity contribution in [2.24, 2.45) is 0 Å². The number of hydrogen-bond acceptors (Lipinski definition) is 4. The maximum Gasteiger partial charge on any atom is 0.235 e. The maximum absolute atomic E-state index is 13.0. The van der Waals surface area contributed by atoms with Crippen LogP contribution in [0.15, 0.2) is 48.5 Å². The summed E-state index contributed by atoms with van der Waals surface area (Å²) in [6.45, 7) is 0. The van der Waals surface area contributed by atoms with Crippen molar-refractivity contribution in [2.75, 3.05) is 5.32 Å². The monoisotopic (exact) mass is 329 g/mol. The topological polar surface area (TPSA) is 83.6 Å². The minimum absolute atomic E-state index is 0.221. The molecule has 122 valence electrons. The highest BCUT2D eigenvalue weighted by molar-refractivity contribution is 5.95. The predicted molar refractivity (Wildman–Crippen MR) is 82.1 cm³/mol. The van der Waals surface area contributed by atoms with Gasteiger partial charge in [0, 0.05) is 5.69 Å². The number of anilines is 1. The Bertz CT molecular complexity index is 803. The van der Waals surface area contributed by atoms with Crippen LogP contribution in [0.25, 0.3) is 0 Å². The standard InChI is InChI=1S/C16H13F2N5O/c17-11-3-1-10(2-4-11)9-14(15-20-22-23-21-15)16(24)19-13-7-5-12(18)6-8-13/h1-8,14H,9H2,(H,19,24)(H,20,21,22,23). The van der Waals surface area contributed by atoms with E-state index in [4.69, 9.17) is 0 Å². The Morgan fingerprint density at radius 1 is 1.04 bits per heavy atom. The first-order chi connectivity index (χ1) is 11.6. The number of H-pyrrole nitrogens is 1. The number of aromatic nitrogens is 4. The number of carbonyl (C=O) groups excluding carboxylic acids is 1. The number of benzene rings is 2. The molecular formula is C16H13F2N5O. The molecule has 0 fully saturated rings. The fraction of sp³-hybridized carbons (Fsp3) is 0.125. The second-order valence-electron chi connectivity index (χ2n) is 5.15. The van der Waals surface area contributed by atoms with Crippen LogP contribution in [0, 0.1) is 11.6 Å². The van der Waals surface area contributed by atoms with E-state index in [0.717, 1.165) is 5.56 Å². The van der Waals surface area contributed by atoms with Crippen LogP contribution in [0.5, 0.6) is 0 Å². The molecule has 8 heteroatoms. The van der Waals surface area contributed by atoms with Gasteiger partial charge in [-0.3, -0.25) is 4.79 Å². The van der Waals surface area contributed by atoms with Crippen LogP contribution < -0.4 is 5.32 Å². The Morgan fingerprint density at radius 3 is 2.25 bits per heavy atom. The molecule has 1 unspecified atom stereocenters. The average molecular weight is 329 g/mol. The van der Waals surface area contributed by atoms with Crippen molar-refractivity contribution in [1.29, 1.82) is 0 Å². The van der Waals surface area contributed by atoms with Gasteiger partial charge in [0.25, 0.3) is 0 Å². The zero-order valence-corrected chi connectivity index (χ0v) is 12.4. The minimum atomic E-state index is -0.723. The van der Waals surface area contributed by atoms with Crippen molar-refractivity contribution in [2.45, 2.75) is 12.3 Å². The van der Waals surface area contributed by atoms with Gasteiger partial charge in [0.15, 0.2) is 5.82 Å². The first-order valence-corrected chi connectivity index (χ1v) is 7.16. The lowest BCUT2D eigenvalue weighted by atomic mass is 9.97. The van der Waals surface area contributed by atoms with Crippen LogP contribution in [-0.2, 0) is 11.2 Å². The number of carbonyl (C=O) groups is 1. The molecule has 0 aliphatic rings. The Morgan fingerprint density at radius 2 is 1.67 bits per heavy atom. The summed E-state index contributed by atoms with van der Waals surface area (Å²) in [4.78, 5) is 12.6. The third kappa shape index (κ3) is 3.78. The van der Waals surface area contributed by atoms with E-state index >= 15 is 0 Å². The zero-order chi connectivity index (χ0) is 16.9. The smallest absolute Gasteiger partial charge is 0.235 e. The van der Waals surface area contributed by atoms with Crippen molar-refractivity contribution in [3.63, 3.8) is 0 Å². The third-order valence-corrected chi connectivity index (χ3v) is 3.45. The van der Waals surface area contributed by atoms with Gasteiger partial charge in [-0.05, 0) is 48.4 Å². The number of aromatic amines is 1. The summed E-state index contributed by atoms with van der Waals surface area (Å²) in [5, 5.41) is 16.2. The molecule has 1 amide bonds. The molecule has 1 atom stereocenters. The highest BCUT2D eigenvalue weighted by Crippen LogP contribution is 2.20. The van der Waals surface area contributed by atoms with Gasteiger partial charge in [0.1, 0.15) is 17.6 Å². The van der Waals surface area contributed by atoms with E-state index in [0.29, 0.717) is 5.69 Å². The highest BCUT2D eigenvalue weighted by Gasteiger charge is 2.25. The van der Waals surface area contributed by atoms with Crippen LogP contribution in [-0.4, -0.2) is 26.5 Å². The van der Waals surface area contributed by atoms with Crippen LogP contribution in [0.3, 0.4) is 0 Å². The molecule has 2 N–H and O–H groups in total. The molecule has 6 nitrogen and oxygen atoms in total. The average Bonchev–Trinajstić information content (AvgIpc) is 3.10. The lowest BCUT2D eigenvalue weighted by Gasteiger charge is -2.14. The van der Waals surface area contributed by atoms with E-state index < -0.39 is 11.7 Å². The Labute approximate surface area is 135 Å². The third-order valence-electron chi connectivity index (χ3n) is 3.45. The molecular weight excluding hydrogens is 316 g/mol. The molecule has 0 radical (unpaired) electrons. The van der Waals surface area contributed by atoms with E-state index in [1.165, 1.54) is 36.4 Å². The fourth-order valence-electron chi connectivity index (χ4n) is 2.24. The zero-order valence-electron chi connectivity index (χ0n) is 12.4. The lowest BCUT2D eigenvalue weighted by Crippen LogP contribution is -2.24. The summed E-state index contributed by atoms with van der Waals surface area (Å²) in [5.41, 5.74) is 1.20. The van der Waals surface area contributed by atoms with Gasteiger partial charge >= 0.3 is 0 Å². The van der Waals surface area contributed by atoms with Crippen molar-refractivity contribution in [1.82, 2.24) is 20.6 Å². The first-order valence-electron chi connectivity index (χ1n) is 7.16. The molecule has 2 aromatic carbocycles. The molecule has 3 rings (SSSR count). The largest absolute Gasteiger partial charge is 0.325 e. The number of halogens is 2. The van der Waals surface area contributed by atoms with Gasteiger partial charge in [-0.1, -0.05) is 17.3 Å². The lowest BCUT2D eigenvalue weighted by molar-refractivity contribution is -0.117. The number of nitrogens with zero attached hydrogens (tertiary/aromatic N) is 3. The summed E-state index contributed by atoms with van der Waals surface area (Å²) in [5.74, 6) is -1.62. The SMILES string of the molecule is O=C(Nc1ccc(F)cc1)C(Cc1ccc(F)cc1)c1nn[nH]n1. The van der Waals surface area contributed by atoms with Crippen LogP contribution in [0.2, 0.25) is 0 Å². The molecule has 0 aliphatic carbocycles. The second-order valence-corrected chi connectivity index (χ2v) is 5.15. The molecule has 0 bridgehead atoms. The van der Waals surface area contributed by atoms with Crippen LogP contribution >= 0.6 is 0 Å².